The van der Waals surface area contributed by atoms with Gasteiger partial charge in [0, 0.05) is 11.1 Å². The first kappa shape index (κ1) is 8.97. The van der Waals surface area contributed by atoms with Crippen LogP contribution >= 0.6 is 11.8 Å². The first-order valence-electron chi connectivity index (χ1n) is 3.98. The Bertz CT molecular complexity index is 426. The van der Waals surface area contributed by atoms with Gasteiger partial charge in [-0.1, -0.05) is 24.3 Å². The van der Waals surface area contributed by atoms with Crippen molar-refractivity contribution in [2.24, 2.45) is 0 Å². The molecule has 1 aromatic rings. The maximum Gasteiger partial charge on any atom is 0.185 e. The summed E-state index contributed by atoms with van der Waals surface area (Å²) in [5.74, 6) is -0.505. The van der Waals surface area contributed by atoms with Gasteiger partial charge in [0.15, 0.2) is 11.6 Å². The van der Waals surface area contributed by atoms with E-state index in [0.29, 0.717) is 11.1 Å². The number of ketones is 2. The normalized spacial score (nSPS) is 15.4. The van der Waals surface area contributed by atoms with E-state index in [9.17, 15) is 9.59 Å². The summed E-state index contributed by atoms with van der Waals surface area (Å²) in [7, 11) is 0. The molecule has 0 heterocycles. The second kappa shape index (κ2) is 3.28. The average Bonchev–Trinajstić information content (AvgIpc) is 2.45. The fourth-order valence-corrected chi connectivity index (χ4v) is 2.05. The van der Waals surface area contributed by atoms with Crippen LogP contribution in [-0.2, 0) is 0 Å². The van der Waals surface area contributed by atoms with Crippen molar-refractivity contribution in [1.82, 2.24) is 0 Å². The van der Waals surface area contributed by atoms with Gasteiger partial charge in [-0.05, 0) is 11.8 Å². The molecule has 0 N–H and O–H groups in total. The van der Waals surface area contributed by atoms with Crippen LogP contribution in [0.1, 0.15) is 20.7 Å². The molecule has 0 amide bonds. The van der Waals surface area contributed by atoms with Crippen LogP contribution in [0.3, 0.4) is 0 Å². The van der Waals surface area contributed by atoms with E-state index >= 15 is 0 Å². The van der Waals surface area contributed by atoms with Gasteiger partial charge >= 0.3 is 0 Å². The number of carbonyl (C=O) groups is 2. The second-order valence-corrected chi connectivity index (χ2v) is 3.75. The van der Waals surface area contributed by atoms with E-state index in [1.165, 1.54) is 0 Å². The fraction of sp³-hybridized carbons (Fsp3) is 0.100. The summed E-state index contributed by atoms with van der Waals surface area (Å²) in [5.41, 5.74) is 0.871. The molecule has 2 rings (SSSR count). The molecule has 1 aromatic carbocycles. The number of hydrogen-bond acceptors (Lipinski definition) is 4. The summed E-state index contributed by atoms with van der Waals surface area (Å²) >= 11 is 0.718. The third-order valence-corrected chi connectivity index (χ3v) is 2.87. The molecule has 0 atom stereocenters. The van der Waals surface area contributed by atoms with Crippen LogP contribution in [-0.4, -0.2) is 16.8 Å². The number of thioether (sulfide) groups is 1. The Labute approximate surface area is 84.7 Å². The van der Waals surface area contributed by atoms with Gasteiger partial charge in [0.25, 0.3) is 0 Å². The Morgan fingerprint density at radius 3 is 2.07 bits per heavy atom. The molecule has 4 heteroatoms. The van der Waals surface area contributed by atoms with Gasteiger partial charge in [0.1, 0.15) is 10.7 Å². The molecule has 0 saturated heterocycles. The molecular formula is C10H5NO2S. The van der Waals surface area contributed by atoms with Gasteiger partial charge in [-0.25, -0.2) is 0 Å². The van der Waals surface area contributed by atoms with Crippen molar-refractivity contribution in [3.8, 4) is 5.40 Å². The van der Waals surface area contributed by atoms with E-state index in [2.05, 4.69) is 0 Å². The minimum Gasteiger partial charge on any atom is -0.292 e. The zero-order chi connectivity index (χ0) is 10.1. The molecule has 1 aliphatic rings. The number of benzene rings is 1. The van der Waals surface area contributed by atoms with Crippen molar-refractivity contribution in [1.29, 1.82) is 5.26 Å². The summed E-state index contributed by atoms with van der Waals surface area (Å²) in [6.07, 6.45) is 0. The van der Waals surface area contributed by atoms with E-state index in [1.54, 1.807) is 29.7 Å². The summed E-state index contributed by atoms with van der Waals surface area (Å²) in [6, 6.07) is 6.66. The van der Waals surface area contributed by atoms with Gasteiger partial charge in [0.05, 0.1) is 0 Å². The van der Waals surface area contributed by atoms with Gasteiger partial charge in [-0.3, -0.25) is 9.59 Å². The van der Waals surface area contributed by atoms with Crippen molar-refractivity contribution < 1.29 is 9.59 Å². The predicted octanol–water partition coefficient (Wildman–Crippen LogP) is 1.65. The maximum absolute atomic E-state index is 11.6. The standard InChI is InChI=1S/C10H5NO2S/c11-5-14-10-8(12)6-3-1-2-4-7(6)9(10)13/h1-4,10H. The van der Waals surface area contributed by atoms with Crippen LogP contribution in [0.4, 0.5) is 0 Å². The minimum absolute atomic E-state index is 0.253. The smallest absolute Gasteiger partial charge is 0.185 e. The summed E-state index contributed by atoms with van der Waals surface area (Å²) < 4.78 is 0. The lowest BCUT2D eigenvalue weighted by Gasteiger charge is -1.96. The van der Waals surface area contributed by atoms with Gasteiger partial charge < -0.3 is 0 Å². The summed E-state index contributed by atoms with van der Waals surface area (Å²) in [6.45, 7) is 0. The first-order valence-corrected chi connectivity index (χ1v) is 4.86. The van der Waals surface area contributed by atoms with Crippen LogP contribution in [0, 0.1) is 10.7 Å². The monoisotopic (exact) mass is 203 g/mol. The molecule has 0 bridgehead atoms. The Morgan fingerprint density at radius 2 is 1.64 bits per heavy atom. The highest BCUT2D eigenvalue weighted by atomic mass is 32.2. The maximum atomic E-state index is 11.6. The summed E-state index contributed by atoms with van der Waals surface area (Å²) in [5, 5.41) is 9.38. The van der Waals surface area contributed by atoms with Crippen LogP contribution in [0.5, 0.6) is 0 Å². The third-order valence-electron chi connectivity index (χ3n) is 2.10. The number of Topliss-reactive ketones (excluding diaryl/α,β-unsaturated/α-hetero) is 2. The van der Waals surface area contributed by atoms with E-state index in [1.807, 2.05) is 0 Å². The Hall–Kier alpha value is -1.60. The van der Waals surface area contributed by atoms with E-state index in [4.69, 9.17) is 5.26 Å². The lowest BCUT2D eigenvalue weighted by molar-refractivity contribution is 0.0932. The van der Waals surface area contributed by atoms with Crippen molar-refractivity contribution in [2.75, 3.05) is 0 Å². The van der Waals surface area contributed by atoms with Gasteiger partial charge in [0.2, 0.25) is 0 Å². The van der Waals surface area contributed by atoms with Crippen LogP contribution in [0.2, 0.25) is 0 Å². The first-order chi connectivity index (χ1) is 6.75. The van der Waals surface area contributed by atoms with Crippen molar-refractivity contribution in [3.05, 3.63) is 35.4 Å². The Kier molecular flexibility index (Phi) is 2.10. The molecule has 0 radical (unpaired) electrons. The fourth-order valence-electron chi connectivity index (χ4n) is 1.47. The quantitative estimate of drug-likeness (QED) is 0.514. The van der Waals surface area contributed by atoms with Gasteiger partial charge in [-0.2, -0.15) is 5.26 Å². The molecule has 0 fully saturated rings. The van der Waals surface area contributed by atoms with Crippen molar-refractivity contribution in [3.63, 3.8) is 0 Å². The van der Waals surface area contributed by atoms with Crippen molar-refractivity contribution in [2.45, 2.75) is 5.25 Å². The number of nitriles is 1. The second-order valence-electron chi connectivity index (χ2n) is 2.86. The number of thiocyanates is 1. The SMILES string of the molecule is N#CSC1C(=O)c2ccccc2C1=O. The number of hydrogen-bond donors (Lipinski definition) is 0. The molecule has 0 aliphatic heterocycles. The lowest BCUT2D eigenvalue weighted by Crippen LogP contribution is -2.16. The largest absolute Gasteiger partial charge is 0.292 e. The van der Waals surface area contributed by atoms with Crippen molar-refractivity contribution >= 4 is 23.3 Å². The molecule has 0 spiro atoms. The van der Waals surface area contributed by atoms with E-state index in [-0.39, 0.29) is 11.6 Å². The van der Waals surface area contributed by atoms with Crippen LogP contribution in [0.15, 0.2) is 24.3 Å². The number of fused-ring (bicyclic) bond motifs is 1. The molecular weight excluding hydrogens is 198 g/mol. The highest BCUT2D eigenvalue weighted by Crippen LogP contribution is 2.29. The average molecular weight is 203 g/mol. The Balaban J connectivity index is 2.49. The molecule has 3 nitrogen and oxygen atoms in total. The molecule has 68 valence electrons. The number of carbonyl (C=O) groups excluding carboxylic acids is 2. The minimum atomic E-state index is -0.850. The number of nitrogens with zero attached hydrogens (tertiary/aromatic N) is 1. The summed E-state index contributed by atoms with van der Waals surface area (Å²) in [4.78, 5) is 23.2. The number of rotatable bonds is 1. The van der Waals surface area contributed by atoms with E-state index in [0.717, 1.165) is 11.8 Å². The zero-order valence-electron chi connectivity index (χ0n) is 7.06. The highest BCUT2D eigenvalue weighted by Gasteiger charge is 2.38. The molecule has 0 unspecified atom stereocenters. The topological polar surface area (TPSA) is 57.9 Å². The van der Waals surface area contributed by atoms with Crippen LogP contribution < -0.4 is 0 Å². The van der Waals surface area contributed by atoms with Gasteiger partial charge in [-0.15, -0.1) is 0 Å². The molecule has 14 heavy (non-hydrogen) atoms. The van der Waals surface area contributed by atoms with Crippen LogP contribution in [0.25, 0.3) is 0 Å². The molecule has 0 saturated carbocycles. The lowest BCUT2D eigenvalue weighted by atomic mass is 10.1. The molecule has 0 aromatic heterocycles. The zero-order valence-corrected chi connectivity index (χ0v) is 7.88. The molecule has 1 aliphatic carbocycles. The third kappa shape index (κ3) is 1.14. The highest BCUT2D eigenvalue weighted by molar-refractivity contribution is 8.05. The predicted molar refractivity (Wildman–Crippen MR) is 52.1 cm³/mol. The van der Waals surface area contributed by atoms with E-state index < -0.39 is 5.25 Å². The Morgan fingerprint density at radius 1 is 1.14 bits per heavy atom.